The molecule has 0 aromatic rings. The molecular formula is C26H37N. The molecule has 0 amide bonds. The van der Waals surface area contributed by atoms with Gasteiger partial charge in [-0.05, 0) is 77.9 Å². The minimum atomic E-state index is 0.202. The largest absolute Gasteiger partial charge is 0.343 e. The van der Waals surface area contributed by atoms with Gasteiger partial charge in [0.25, 0.3) is 0 Å². The highest BCUT2D eigenvalue weighted by atomic mass is 15.2. The molecule has 0 aromatic heterocycles. The molecule has 0 spiro atoms. The number of rotatable bonds is 4. The first-order valence-corrected chi connectivity index (χ1v) is 10.7. The first-order chi connectivity index (χ1) is 12.7. The molecule has 0 N–H and O–H groups in total. The number of fused-ring (bicyclic) bond motifs is 2. The molecule has 1 nitrogen and oxygen atoms in total. The average molecular weight is 364 g/mol. The quantitative estimate of drug-likeness (QED) is 0.500. The maximum Gasteiger partial charge on any atom is 0.0450 e. The van der Waals surface area contributed by atoms with Gasteiger partial charge < -0.3 is 4.90 Å². The molecule has 1 heteroatoms. The fourth-order valence-corrected chi connectivity index (χ4v) is 4.83. The van der Waals surface area contributed by atoms with Crippen molar-refractivity contribution in [2.75, 3.05) is 0 Å². The van der Waals surface area contributed by atoms with Crippen molar-refractivity contribution >= 4 is 0 Å². The molecule has 0 bridgehead atoms. The Morgan fingerprint density at radius 3 is 2.48 bits per heavy atom. The Hall–Kier alpha value is -1.76. The Morgan fingerprint density at radius 1 is 1.19 bits per heavy atom. The first kappa shape index (κ1) is 20.0. The summed E-state index contributed by atoms with van der Waals surface area (Å²) in [4.78, 5) is 2.56. The van der Waals surface area contributed by atoms with E-state index in [0.29, 0.717) is 12.0 Å². The first-order valence-electron chi connectivity index (χ1n) is 10.7. The second-order valence-corrected chi connectivity index (χ2v) is 9.65. The Labute approximate surface area is 166 Å². The van der Waals surface area contributed by atoms with Crippen molar-refractivity contribution in [3.8, 4) is 0 Å². The monoisotopic (exact) mass is 363 g/mol. The van der Waals surface area contributed by atoms with Gasteiger partial charge in [0, 0.05) is 17.9 Å². The van der Waals surface area contributed by atoms with Crippen LogP contribution in [0.25, 0.3) is 0 Å². The second-order valence-electron chi connectivity index (χ2n) is 9.65. The summed E-state index contributed by atoms with van der Waals surface area (Å²) in [5, 5.41) is 0. The van der Waals surface area contributed by atoms with Gasteiger partial charge in [-0.3, -0.25) is 0 Å². The maximum absolute atomic E-state index is 4.40. The van der Waals surface area contributed by atoms with Gasteiger partial charge in [-0.25, -0.2) is 0 Å². The van der Waals surface area contributed by atoms with Crippen LogP contribution in [-0.2, 0) is 0 Å². The highest BCUT2D eigenvalue weighted by Gasteiger charge is 2.40. The SMILES string of the molecule is C=C1C=C2C3=C(C=C(C)C(CC)C3)CC(C(C)(C)C)N2C=C1C(=C)CCC. The molecule has 2 atom stereocenters. The lowest BCUT2D eigenvalue weighted by atomic mass is 9.71. The molecule has 0 saturated carbocycles. The minimum Gasteiger partial charge on any atom is -0.343 e. The van der Waals surface area contributed by atoms with Crippen LogP contribution in [0.5, 0.6) is 0 Å². The Morgan fingerprint density at radius 2 is 1.89 bits per heavy atom. The molecule has 0 aromatic carbocycles. The van der Waals surface area contributed by atoms with Gasteiger partial charge in [0.1, 0.15) is 0 Å². The van der Waals surface area contributed by atoms with Crippen molar-refractivity contribution in [1.29, 1.82) is 0 Å². The van der Waals surface area contributed by atoms with E-state index in [1.165, 1.54) is 29.7 Å². The zero-order valence-corrected chi connectivity index (χ0v) is 18.3. The summed E-state index contributed by atoms with van der Waals surface area (Å²) in [5.74, 6) is 0.673. The minimum absolute atomic E-state index is 0.202. The lowest BCUT2D eigenvalue weighted by molar-refractivity contribution is 0.167. The number of allylic oxidation sites excluding steroid dienone is 7. The molecule has 3 aliphatic rings. The molecule has 3 rings (SSSR count). The van der Waals surface area contributed by atoms with Crippen LogP contribution >= 0.6 is 0 Å². The van der Waals surface area contributed by atoms with Gasteiger partial charge >= 0.3 is 0 Å². The van der Waals surface area contributed by atoms with Crippen LogP contribution in [0.4, 0.5) is 0 Å². The van der Waals surface area contributed by atoms with Crippen LogP contribution in [0.1, 0.15) is 73.6 Å². The molecule has 1 aliphatic carbocycles. The van der Waals surface area contributed by atoms with Crippen LogP contribution < -0.4 is 0 Å². The zero-order valence-electron chi connectivity index (χ0n) is 18.3. The van der Waals surface area contributed by atoms with Crippen LogP contribution in [-0.4, -0.2) is 10.9 Å². The molecule has 2 aliphatic heterocycles. The molecule has 2 heterocycles. The van der Waals surface area contributed by atoms with Crippen LogP contribution in [0.2, 0.25) is 0 Å². The molecule has 27 heavy (non-hydrogen) atoms. The van der Waals surface area contributed by atoms with Gasteiger partial charge in [0.2, 0.25) is 0 Å². The highest BCUT2D eigenvalue weighted by Crippen LogP contribution is 2.48. The van der Waals surface area contributed by atoms with Gasteiger partial charge in [0.05, 0.1) is 0 Å². The summed E-state index contributed by atoms with van der Waals surface area (Å²) < 4.78 is 0. The van der Waals surface area contributed by atoms with Crippen LogP contribution in [0.3, 0.4) is 0 Å². The van der Waals surface area contributed by atoms with Crippen molar-refractivity contribution in [3.63, 3.8) is 0 Å². The van der Waals surface area contributed by atoms with Crippen LogP contribution in [0.15, 0.2) is 70.6 Å². The van der Waals surface area contributed by atoms with E-state index in [-0.39, 0.29) is 5.41 Å². The molecular weight excluding hydrogens is 326 g/mol. The molecule has 2 unspecified atom stereocenters. The third-order valence-corrected chi connectivity index (χ3v) is 6.57. The van der Waals surface area contributed by atoms with Crippen molar-refractivity contribution in [1.82, 2.24) is 4.90 Å². The lowest BCUT2D eigenvalue weighted by Crippen LogP contribution is -2.45. The van der Waals surface area contributed by atoms with E-state index in [1.54, 1.807) is 16.7 Å². The van der Waals surface area contributed by atoms with E-state index < -0.39 is 0 Å². The smallest absolute Gasteiger partial charge is 0.0450 e. The summed E-state index contributed by atoms with van der Waals surface area (Å²) in [6.07, 6.45) is 12.9. The zero-order chi connectivity index (χ0) is 19.9. The van der Waals surface area contributed by atoms with E-state index in [9.17, 15) is 0 Å². The molecule has 0 fully saturated rings. The summed E-state index contributed by atoms with van der Waals surface area (Å²) in [6, 6.07) is 0.460. The number of hydrogen-bond donors (Lipinski definition) is 0. The van der Waals surface area contributed by atoms with E-state index in [0.717, 1.165) is 24.8 Å². The van der Waals surface area contributed by atoms with Gasteiger partial charge in [-0.1, -0.05) is 65.8 Å². The summed E-state index contributed by atoms with van der Waals surface area (Å²) in [7, 11) is 0. The normalized spacial score (nSPS) is 25.5. The predicted octanol–water partition coefficient (Wildman–Crippen LogP) is 7.47. The number of hydrogen-bond acceptors (Lipinski definition) is 1. The topological polar surface area (TPSA) is 3.24 Å². The molecule has 0 saturated heterocycles. The number of nitrogens with zero attached hydrogens (tertiary/aromatic N) is 1. The van der Waals surface area contributed by atoms with E-state index in [4.69, 9.17) is 0 Å². The highest BCUT2D eigenvalue weighted by molar-refractivity contribution is 5.59. The Bertz CT molecular complexity index is 776. The second kappa shape index (κ2) is 7.34. The summed E-state index contributed by atoms with van der Waals surface area (Å²) in [6.45, 7) is 22.7. The summed E-state index contributed by atoms with van der Waals surface area (Å²) >= 11 is 0. The third-order valence-electron chi connectivity index (χ3n) is 6.57. The van der Waals surface area contributed by atoms with Crippen molar-refractivity contribution in [3.05, 3.63) is 70.6 Å². The van der Waals surface area contributed by atoms with Crippen molar-refractivity contribution in [2.45, 2.75) is 79.7 Å². The maximum atomic E-state index is 4.40. The predicted molar refractivity (Wildman–Crippen MR) is 118 cm³/mol. The summed E-state index contributed by atoms with van der Waals surface area (Å²) in [5.41, 5.74) is 9.83. The fourth-order valence-electron chi connectivity index (χ4n) is 4.83. The van der Waals surface area contributed by atoms with Gasteiger partial charge in [-0.15, -0.1) is 0 Å². The van der Waals surface area contributed by atoms with Crippen LogP contribution in [0, 0.1) is 11.3 Å². The Balaban J connectivity index is 2.09. The van der Waals surface area contributed by atoms with E-state index in [1.807, 2.05) is 0 Å². The van der Waals surface area contributed by atoms with E-state index in [2.05, 4.69) is 78.0 Å². The Kier molecular flexibility index (Phi) is 5.43. The van der Waals surface area contributed by atoms with Crippen molar-refractivity contribution in [2.24, 2.45) is 11.3 Å². The van der Waals surface area contributed by atoms with Gasteiger partial charge in [0.15, 0.2) is 0 Å². The van der Waals surface area contributed by atoms with E-state index >= 15 is 0 Å². The fraction of sp³-hybridized carbons (Fsp3) is 0.538. The standard InChI is InChI=1S/C26H37N/c1-9-11-17(3)23-16-27-24(13-19(23)5)22-14-20(10-2)18(4)12-21(22)15-25(27)26(6,7)8/h12-13,16,20,25H,3,5,9-11,14-15H2,1-2,4,6-8H3. The van der Waals surface area contributed by atoms with Crippen molar-refractivity contribution < 1.29 is 0 Å². The molecule has 0 radical (unpaired) electrons. The lowest BCUT2D eigenvalue weighted by Gasteiger charge is -2.49. The average Bonchev–Trinajstić information content (AvgIpc) is 2.59. The third kappa shape index (κ3) is 3.66. The molecule has 146 valence electrons. The van der Waals surface area contributed by atoms with Gasteiger partial charge in [-0.2, -0.15) is 0 Å².